The van der Waals surface area contributed by atoms with E-state index in [1.165, 1.54) is 6.42 Å². The smallest absolute Gasteiger partial charge is 0.118 e. The number of hydrogen-bond acceptors (Lipinski definition) is 4. The van der Waals surface area contributed by atoms with Gasteiger partial charge in [0, 0.05) is 12.1 Å². The fourth-order valence-corrected chi connectivity index (χ4v) is 1.87. The molecular formula is C13H25N3O. The maximum absolute atomic E-state index is 5.67. The summed E-state index contributed by atoms with van der Waals surface area (Å²) in [4.78, 5) is 4.49. The molecule has 1 rings (SSSR count). The minimum Gasteiger partial charge on any atom is -0.465 e. The SMILES string of the molecule is Cc1oc(CN(C)CCCN(C)C)cc1CN. The van der Waals surface area contributed by atoms with E-state index in [1.54, 1.807) is 0 Å². The maximum atomic E-state index is 5.67. The van der Waals surface area contributed by atoms with Crippen molar-refractivity contribution in [2.45, 2.75) is 26.4 Å². The average molecular weight is 239 g/mol. The van der Waals surface area contributed by atoms with Crippen LogP contribution in [0.3, 0.4) is 0 Å². The van der Waals surface area contributed by atoms with Crippen LogP contribution in [-0.2, 0) is 13.1 Å². The van der Waals surface area contributed by atoms with Crippen LogP contribution in [0.1, 0.15) is 23.5 Å². The molecule has 0 bridgehead atoms. The Kier molecular flexibility index (Phi) is 5.68. The first-order chi connectivity index (χ1) is 8.02. The molecule has 0 atom stereocenters. The van der Waals surface area contributed by atoms with Crippen LogP contribution in [0, 0.1) is 6.92 Å². The summed E-state index contributed by atoms with van der Waals surface area (Å²) in [6, 6.07) is 2.07. The molecule has 1 heterocycles. The van der Waals surface area contributed by atoms with E-state index in [1.807, 2.05) is 6.92 Å². The highest BCUT2D eigenvalue weighted by Gasteiger charge is 2.08. The van der Waals surface area contributed by atoms with Crippen molar-refractivity contribution in [3.63, 3.8) is 0 Å². The van der Waals surface area contributed by atoms with Crippen molar-refractivity contribution in [3.05, 3.63) is 23.2 Å². The zero-order valence-electron chi connectivity index (χ0n) is 11.5. The Morgan fingerprint density at radius 3 is 2.47 bits per heavy atom. The highest BCUT2D eigenvalue weighted by Crippen LogP contribution is 2.15. The second kappa shape index (κ2) is 6.79. The molecule has 0 aromatic carbocycles. The van der Waals surface area contributed by atoms with Gasteiger partial charge in [0.1, 0.15) is 11.5 Å². The Labute approximate surface area is 104 Å². The second-order valence-corrected chi connectivity index (χ2v) is 4.89. The van der Waals surface area contributed by atoms with Crippen LogP contribution in [0.4, 0.5) is 0 Å². The van der Waals surface area contributed by atoms with Gasteiger partial charge in [0.05, 0.1) is 6.54 Å². The number of nitrogens with zero attached hydrogens (tertiary/aromatic N) is 2. The maximum Gasteiger partial charge on any atom is 0.118 e. The van der Waals surface area contributed by atoms with Crippen LogP contribution in [0.5, 0.6) is 0 Å². The van der Waals surface area contributed by atoms with Gasteiger partial charge < -0.3 is 15.1 Å². The number of rotatable bonds is 7. The van der Waals surface area contributed by atoms with E-state index in [9.17, 15) is 0 Å². The molecule has 0 amide bonds. The number of hydrogen-bond donors (Lipinski definition) is 1. The fourth-order valence-electron chi connectivity index (χ4n) is 1.87. The van der Waals surface area contributed by atoms with E-state index in [0.29, 0.717) is 6.54 Å². The zero-order valence-corrected chi connectivity index (χ0v) is 11.5. The van der Waals surface area contributed by atoms with Crippen LogP contribution in [0.25, 0.3) is 0 Å². The summed E-state index contributed by atoms with van der Waals surface area (Å²) >= 11 is 0. The van der Waals surface area contributed by atoms with Crippen LogP contribution in [0.15, 0.2) is 10.5 Å². The lowest BCUT2D eigenvalue weighted by atomic mass is 10.2. The van der Waals surface area contributed by atoms with Gasteiger partial charge in [0.2, 0.25) is 0 Å². The minimum absolute atomic E-state index is 0.555. The molecular weight excluding hydrogens is 214 g/mol. The molecule has 0 saturated heterocycles. The summed E-state index contributed by atoms with van der Waals surface area (Å²) in [5.74, 6) is 1.96. The number of aryl methyl sites for hydroxylation is 1. The predicted molar refractivity (Wildman–Crippen MR) is 70.8 cm³/mol. The van der Waals surface area contributed by atoms with Crippen molar-refractivity contribution in [2.75, 3.05) is 34.2 Å². The highest BCUT2D eigenvalue weighted by molar-refractivity contribution is 5.20. The molecule has 4 nitrogen and oxygen atoms in total. The van der Waals surface area contributed by atoms with E-state index in [2.05, 4.69) is 37.0 Å². The molecule has 0 radical (unpaired) electrons. The summed E-state index contributed by atoms with van der Waals surface area (Å²) in [5, 5.41) is 0. The molecule has 17 heavy (non-hydrogen) atoms. The van der Waals surface area contributed by atoms with Crippen molar-refractivity contribution in [1.29, 1.82) is 0 Å². The molecule has 1 aromatic rings. The highest BCUT2D eigenvalue weighted by atomic mass is 16.3. The standard InChI is InChI=1S/C13H25N3O/c1-11-12(9-14)8-13(17-11)10-16(4)7-5-6-15(2)3/h8H,5-7,9-10,14H2,1-4H3. The van der Waals surface area contributed by atoms with Gasteiger partial charge in [-0.2, -0.15) is 0 Å². The van der Waals surface area contributed by atoms with E-state index in [4.69, 9.17) is 10.2 Å². The molecule has 1 aromatic heterocycles. The molecule has 2 N–H and O–H groups in total. The molecule has 0 aliphatic heterocycles. The van der Waals surface area contributed by atoms with Gasteiger partial charge in [-0.15, -0.1) is 0 Å². The third kappa shape index (κ3) is 4.89. The molecule has 0 fully saturated rings. The van der Waals surface area contributed by atoms with Gasteiger partial charge in [-0.1, -0.05) is 0 Å². The molecule has 4 heteroatoms. The fraction of sp³-hybridized carbons (Fsp3) is 0.692. The minimum atomic E-state index is 0.555. The molecule has 0 unspecified atom stereocenters. The predicted octanol–water partition coefficient (Wildman–Crippen LogP) is 1.43. The first-order valence-electron chi connectivity index (χ1n) is 6.14. The Morgan fingerprint density at radius 2 is 1.94 bits per heavy atom. The average Bonchev–Trinajstić information content (AvgIpc) is 2.58. The molecule has 0 aliphatic carbocycles. The Bertz CT molecular complexity index is 333. The van der Waals surface area contributed by atoms with Crippen LogP contribution >= 0.6 is 0 Å². The number of nitrogens with two attached hydrogens (primary N) is 1. The summed E-state index contributed by atoms with van der Waals surface area (Å²) < 4.78 is 5.67. The van der Waals surface area contributed by atoms with E-state index < -0.39 is 0 Å². The quantitative estimate of drug-likeness (QED) is 0.782. The Hall–Kier alpha value is -0.840. The lowest BCUT2D eigenvalue weighted by Crippen LogP contribution is -2.23. The third-order valence-corrected chi connectivity index (χ3v) is 2.86. The van der Waals surface area contributed by atoms with Crippen LogP contribution in [-0.4, -0.2) is 44.0 Å². The van der Waals surface area contributed by atoms with E-state index >= 15 is 0 Å². The largest absolute Gasteiger partial charge is 0.465 e. The van der Waals surface area contributed by atoms with Gasteiger partial charge >= 0.3 is 0 Å². The summed E-state index contributed by atoms with van der Waals surface area (Å²) in [6.07, 6.45) is 1.17. The van der Waals surface area contributed by atoms with Crippen LogP contribution < -0.4 is 5.73 Å². The van der Waals surface area contributed by atoms with Crippen molar-refractivity contribution in [1.82, 2.24) is 9.80 Å². The summed E-state index contributed by atoms with van der Waals surface area (Å²) in [6.45, 7) is 5.58. The second-order valence-electron chi connectivity index (χ2n) is 4.89. The topological polar surface area (TPSA) is 45.6 Å². The van der Waals surface area contributed by atoms with Crippen molar-refractivity contribution in [3.8, 4) is 0 Å². The normalized spacial score (nSPS) is 11.7. The molecule has 0 aliphatic rings. The van der Waals surface area contributed by atoms with Gasteiger partial charge in [0.25, 0.3) is 0 Å². The monoisotopic (exact) mass is 239 g/mol. The van der Waals surface area contributed by atoms with Gasteiger partial charge in [-0.3, -0.25) is 4.90 Å². The lowest BCUT2D eigenvalue weighted by Gasteiger charge is -2.16. The lowest BCUT2D eigenvalue weighted by molar-refractivity contribution is 0.272. The number of furan rings is 1. The van der Waals surface area contributed by atoms with Crippen LogP contribution in [0.2, 0.25) is 0 Å². The van der Waals surface area contributed by atoms with Gasteiger partial charge in [0.15, 0.2) is 0 Å². The first-order valence-corrected chi connectivity index (χ1v) is 6.14. The van der Waals surface area contributed by atoms with Crippen molar-refractivity contribution >= 4 is 0 Å². The Morgan fingerprint density at radius 1 is 1.24 bits per heavy atom. The van der Waals surface area contributed by atoms with Crippen molar-refractivity contribution < 1.29 is 4.42 Å². The molecule has 0 saturated carbocycles. The third-order valence-electron chi connectivity index (χ3n) is 2.86. The van der Waals surface area contributed by atoms with Gasteiger partial charge in [-0.25, -0.2) is 0 Å². The first kappa shape index (κ1) is 14.2. The Balaban J connectivity index is 2.36. The van der Waals surface area contributed by atoms with E-state index in [-0.39, 0.29) is 0 Å². The molecule has 98 valence electrons. The molecule has 0 spiro atoms. The van der Waals surface area contributed by atoms with Crippen molar-refractivity contribution in [2.24, 2.45) is 5.73 Å². The van der Waals surface area contributed by atoms with E-state index in [0.717, 1.165) is 36.7 Å². The zero-order chi connectivity index (χ0) is 12.8. The summed E-state index contributed by atoms with van der Waals surface area (Å²) in [7, 11) is 6.32. The summed E-state index contributed by atoms with van der Waals surface area (Å²) in [5.41, 5.74) is 6.74. The van der Waals surface area contributed by atoms with Gasteiger partial charge in [-0.05, 0) is 53.6 Å².